The summed E-state index contributed by atoms with van der Waals surface area (Å²) >= 11 is 2.57. The maximum Gasteiger partial charge on any atom is 0.417 e. The summed E-state index contributed by atoms with van der Waals surface area (Å²) in [7, 11) is 0. The summed E-state index contributed by atoms with van der Waals surface area (Å²) in [5.41, 5.74) is -0.951. The first kappa shape index (κ1) is 10.5. The molecule has 0 heterocycles. The summed E-state index contributed by atoms with van der Waals surface area (Å²) in [4.78, 5) is 0. The number of halogens is 5. The summed E-state index contributed by atoms with van der Waals surface area (Å²) in [6, 6.07) is 2.09. The van der Waals surface area contributed by atoms with Crippen molar-refractivity contribution in [3.05, 3.63) is 33.5 Å². The number of aryl methyl sites for hydroxylation is 1. The Kier molecular flexibility index (Phi) is 2.66. The van der Waals surface area contributed by atoms with Gasteiger partial charge >= 0.3 is 6.18 Å². The number of rotatable bonds is 0. The van der Waals surface area contributed by atoms with Crippen molar-refractivity contribution in [2.45, 2.75) is 13.1 Å². The highest BCUT2D eigenvalue weighted by Gasteiger charge is 2.35. The normalized spacial score (nSPS) is 11.8. The summed E-state index contributed by atoms with van der Waals surface area (Å²) in [5.74, 6) is -0.905. The molecule has 0 aromatic heterocycles. The summed E-state index contributed by atoms with van der Waals surface area (Å²) in [6.07, 6.45) is -4.52. The zero-order chi connectivity index (χ0) is 10.2. The fourth-order valence-electron chi connectivity index (χ4n) is 0.995. The minimum Gasteiger partial charge on any atom is -0.206 e. The van der Waals surface area contributed by atoms with Crippen molar-refractivity contribution in [2.75, 3.05) is 0 Å². The van der Waals surface area contributed by atoms with Crippen LogP contribution in [0.3, 0.4) is 0 Å². The third kappa shape index (κ3) is 2.02. The fourth-order valence-corrected chi connectivity index (χ4v) is 1.66. The molecule has 0 unspecified atom stereocenters. The van der Waals surface area contributed by atoms with Gasteiger partial charge in [0.25, 0.3) is 0 Å². The molecular weight excluding hydrogens is 252 g/mol. The SMILES string of the molecule is Cc1ccc(F)c(Br)c1C(F)(F)F. The summed E-state index contributed by atoms with van der Waals surface area (Å²) in [5, 5.41) is 0. The number of hydrogen-bond acceptors (Lipinski definition) is 0. The molecule has 13 heavy (non-hydrogen) atoms. The van der Waals surface area contributed by atoms with E-state index >= 15 is 0 Å². The van der Waals surface area contributed by atoms with Gasteiger partial charge in [-0.05, 0) is 34.5 Å². The Morgan fingerprint density at radius 2 is 1.77 bits per heavy atom. The van der Waals surface area contributed by atoms with E-state index in [1.165, 1.54) is 6.92 Å². The second-order valence-electron chi connectivity index (χ2n) is 2.55. The molecule has 0 saturated carbocycles. The number of alkyl halides is 3. The maximum atomic E-state index is 12.7. The van der Waals surface area contributed by atoms with Crippen LogP contribution in [-0.2, 0) is 6.18 Å². The van der Waals surface area contributed by atoms with Gasteiger partial charge in [-0.2, -0.15) is 13.2 Å². The van der Waals surface area contributed by atoms with Crippen molar-refractivity contribution in [2.24, 2.45) is 0 Å². The zero-order valence-electron chi connectivity index (χ0n) is 6.54. The van der Waals surface area contributed by atoms with Gasteiger partial charge in [-0.15, -0.1) is 0 Å². The Balaban J connectivity index is 3.43. The van der Waals surface area contributed by atoms with E-state index in [0.717, 1.165) is 12.1 Å². The van der Waals surface area contributed by atoms with Crippen LogP contribution >= 0.6 is 15.9 Å². The molecule has 1 aromatic carbocycles. The van der Waals surface area contributed by atoms with Crippen LogP contribution in [0, 0.1) is 12.7 Å². The van der Waals surface area contributed by atoms with Crippen LogP contribution < -0.4 is 0 Å². The van der Waals surface area contributed by atoms with Gasteiger partial charge in [-0.1, -0.05) is 6.07 Å². The second kappa shape index (κ2) is 3.29. The molecule has 0 fully saturated rings. The van der Waals surface area contributed by atoms with Gasteiger partial charge in [0.2, 0.25) is 0 Å². The predicted molar refractivity (Wildman–Crippen MR) is 43.8 cm³/mol. The Morgan fingerprint density at radius 3 is 2.15 bits per heavy atom. The lowest BCUT2D eigenvalue weighted by Gasteiger charge is -2.12. The Bertz CT molecular complexity index is 330. The van der Waals surface area contributed by atoms with Crippen molar-refractivity contribution < 1.29 is 17.6 Å². The van der Waals surface area contributed by atoms with Crippen LogP contribution in [0.25, 0.3) is 0 Å². The Labute approximate surface area is 80.7 Å². The smallest absolute Gasteiger partial charge is 0.206 e. The molecule has 0 saturated heterocycles. The molecule has 0 aliphatic rings. The highest BCUT2D eigenvalue weighted by atomic mass is 79.9. The molecule has 0 atom stereocenters. The van der Waals surface area contributed by atoms with Gasteiger partial charge in [0, 0.05) is 0 Å². The van der Waals surface area contributed by atoms with E-state index < -0.39 is 22.0 Å². The number of benzene rings is 1. The maximum absolute atomic E-state index is 12.7. The zero-order valence-corrected chi connectivity index (χ0v) is 8.13. The Hall–Kier alpha value is -0.580. The highest BCUT2D eigenvalue weighted by Crippen LogP contribution is 2.38. The highest BCUT2D eigenvalue weighted by molar-refractivity contribution is 9.10. The predicted octanol–water partition coefficient (Wildman–Crippen LogP) is 3.92. The molecule has 0 radical (unpaired) electrons. The molecule has 72 valence electrons. The molecule has 1 rings (SSSR count). The lowest BCUT2D eigenvalue weighted by molar-refractivity contribution is -0.138. The first-order chi connectivity index (χ1) is 5.84. The van der Waals surface area contributed by atoms with Gasteiger partial charge in [-0.25, -0.2) is 4.39 Å². The van der Waals surface area contributed by atoms with Crippen molar-refractivity contribution in [3.63, 3.8) is 0 Å². The van der Waals surface area contributed by atoms with E-state index in [9.17, 15) is 17.6 Å². The van der Waals surface area contributed by atoms with Crippen molar-refractivity contribution in [1.82, 2.24) is 0 Å². The van der Waals surface area contributed by atoms with Crippen LogP contribution in [-0.4, -0.2) is 0 Å². The molecule has 5 heteroatoms. The van der Waals surface area contributed by atoms with Crippen LogP contribution in [0.4, 0.5) is 17.6 Å². The molecule has 0 aliphatic carbocycles. The second-order valence-corrected chi connectivity index (χ2v) is 3.34. The first-order valence-electron chi connectivity index (χ1n) is 3.36. The van der Waals surface area contributed by atoms with Crippen LogP contribution in [0.15, 0.2) is 16.6 Å². The summed E-state index contributed by atoms with van der Waals surface area (Å²) < 4.78 is 49.1. The molecule has 1 aromatic rings. The quantitative estimate of drug-likeness (QED) is 0.618. The van der Waals surface area contributed by atoms with Gasteiger partial charge in [-0.3, -0.25) is 0 Å². The minimum absolute atomic E-state index is 0.000718. The fraction of sp³-hybridized carbons (Fsp3) is 0.250. The van der Waals surface area contributed by atoms with Crippen molar-refractivity contribution >= 4 is 15.9 Å². The minimum atomic E-state index is -4.52. The molecule has 0 bridgehead atoms. The molecule has 0 spiro atoms. The van der Waals surface area contributed by atoms with Gasteiger partial charge < -0.3 is 0 Å². The first-order valence-corrected chi connectivity index (χ1v) is 4.15. The topological polar surface area (TPSA) is 0 Å². The van der Waals surface area contributed by atoms with Crippen LogP contribution in [0.2, 0.25) is 0 Å². The third-order valence-corrected chi connectivity index (χ3v) is 2.36. The Morgan fingerprint density at radius 1 is 1.23 bits per heavy atom. The summed E-state index contributed by atoms with van der Waals surface area (Å²) in [6.45, 7) is 1.28. The lowest BCUT2D eigenvalue weighted by atomic mass is 10.1. The van der Waals surface area contributed by atoms with Crippen molar-refractivity contribution in [3.8, 4) is 0 Å². The average Bonchev–Trinajstić information content (AvgIpc) is 1.95. The number of hydrogen-bond donors (Lipinski definition) is 0. The molecular formula is C8H5BrF4. The molecule has 0 nitrogen and oxygen atoms in total. The standard InChI is InChI=1S/C8H5BrF4/c1-4-2-3-5(10)7(9)6(4)8(11,12)13/h2-3H,1H3. The van der Waals surface area contributed by atoms with E-state index in [4.69, 9.17) is 0 Å². The third-order valence-electron chi connectivity index (χ3n) is 1.59. The van der Waals surface area contributed by atoms with Gasteiger partial charge in [0.1, 0.15) is 5.82 Å². The van der Waals surface area contributed by atoms with E-state index in [-0.39, 0.29) is 5.56 Å². The molecule has 0 aliphatic heterocycles. The van der Waals surface area contributed by atoms with Gasteiger partial charge in [0.15, 0.2) is 0 Å². The van der Waals surface area contributed by atoms with E-state index in [1.54, 1.807) is 0 Å². The molecule has 0 N–H and O–H groups in total. The van der Waals surface area contributed by atoms with E-state index in [1.807, 2.05) is 0 Å². The monoisotopic (exact) mass is 256 g/mol. The molecule has 0 amide bonds. The van der Waals surface area contributed by atoms with Gasteiger partial charge in [0.05, 0.1) is 10.0 Å². The van der Waals surface area contributed by atoms with Crippen LogP contribution in [0.1, 0.15) is 11.1 Å². The lowest BCUT2D eigenvalue weighted by Crippen LogP contribution is -2.09. The average molecular weight is 257 g/mol. The van der Waals surface area contributed by atoms with E-state index in [0.29, 0.717) is 0 Å². The largest absolute Gasteiger partial charge is 0.417 e. The van der Waals surface area contributed by atoms with Crippen molar-refractivity contribution in [1.29, 1.82) is 0 Å². The van der Waals surface area contributed by atoms with E-state index in [2.05, 4.69) is 15.9 Å². The van der Waals surface area contributed by atoms with Crippen LogP contribution in [0.5, 0.6) is 0 Å².